The Kier molecular flexibility index (Phi) is 2.20. The van der Waals surface area contributed by atoms with Gasteiger partial charge in [-0.1, -0.05) is 6.42 Å². The third kappa shape index (κ3) is 1.65. The van der Waals surface area contributed by atoms with E-state index in [0.717, 1.165) is 24.3 Å². The minimum Gasteiger partial charge on any atom is -0.477 e. The molecule has 0 atom stereocenters. The zero-order valence-electron chi connectivity index (χ0n) is 8.24. The van der Waals surface area contributed by atoms with E-state index in [4.69, 9.17) is 4.74 Å². The molecule has 3 rings (SSSR count). The SMILES string of the molecule is c1snc(OCC2CCC2)c1C1CC1. The van der Waals surface area contributed by atoms with Crippen molar-refractivity contribution in [1.82, 2.24) is 4.37 Å². The molecular formula is C11H15NOS. The van der Waals surface area contributed by atoms with Crippen LogP contribution >= 0.6 is 11.5 Å². The third-order valence-corrected chi connectivity index (χ3v) is 3.89. The molecule has 3 heteroatoms. The fourth-order valence-corrected chi connectivity index (χ4v) is 2.58. The van der Waals surface area contributed by atoms with E-state index in [9.17, 15) is 0 Å². The first-order valence-corrected chi connectivity index (χ1v) is 6.34. The third-order valence-electron chi connectivity index (χ3n) is 3.26. The van der Waals surface area contributed by atoms with Crippen molar-refractivity contribution in [2.45, 2.75) is 38.0 Å². The van der Waals surface area contributed by atoms with E-state index >= 15 is 0 Å². The van der Waals surface area contributed by atoms with Crippen LogP contribution in [0.1, 0.15) is 43.6 Å². The Hall–Kier alpha value is -0.570. The van der Waals surface area contributed by atoms with Gasteiger partial charge in [-0.3, -0.25) is 0 Å². The summed E-state index contributed by atoms with van der Waals surface area (Å²) in [4.78, 5) is 0. The Bertz CT molecular complexity index is 315. The quantitative estimate of drug-likeness (QED) is 0.759. The number of ether oxygens (including phenoxy) is 1. The molecule has 2 fully saturated rings. The normalized spacial score (nSPS) is 22.0. The summed E-state index contributed by atoms with van der Waals surface area (Å²) in [5.74, 6) is 2.51. The Morgan fingerprint density at radius 3 is 2.86 bits per heavy atom. The maximum Gasteiger partial charge on any atom is 0.228 e. The van der Waals surface area contributed by atoms with E-state index in [1.807, 2.05) is 0 Å². The maximum absolute atomic E-state index is 5.78. The molecule has 14 heavy (non-hydrogen) atoms. The van der Waals surface area contributed by atoms with Gasteiger partial charge in [0.1, 0.15) is 0 Å². The van der Waals surface area contributed by atoms with Gasteiger partial charge in [-0.05, 0) is 49.1 Å². The highest BCUT2D eigenvalue weighted by Gasteiger charge is 2.29. The van der Waals surface area contributed by atoms with Gasteiger partial charge in [0.25, 0.3) is 0 Å². The van der Waals surface area contributed by atoms with Crippen LogP contribution in [-0.2, 0) is 0 Å². The minimum atomic E-state index is 0.769. The lowest BCUT2D eigenvalue weighted by Gasteiger charge is -2.24. The summed E-state index contributed by atoms with van der Waals surface area (Å²) in [6, 6.07) is 0. The molecule has 0 aromatic carbocycles. The molecule has 0 saturated heterocycles. The summed E-state index contributed by atoms with van der Waals surface area (Å²) in [7, 11) is 0. The molecule has 2 saturated carbocycles. The van der Waals surface area contributed by atoms with E-state index < -0.39 is 0 Å². The Morgan fingerprint density at radius 1 is 1.36 bits per heavy atom. The predicted molar refractivity (Wildman–Crippen MR) is 56.9 cm³/mol. The van der Waals surface area contributed by atoms with Crippen LogP contribution < -0.4 is 4.74 Å². The van der Waals surface area contributed by atoms with Crippen molar-refractivity contribution in [3.63, 3.8) is 0 Å². The van der Waals surface area contributed by atoms with Gasteiger partial charge in [-0.25, -0.2) is 0 Å². The van der Waals surface area contributed by atoms with Crippen molar-refractivity contribution < 1.29 is 4.74 Å². The van der Waals surface area contributed by atoms with E-state index in [2.05, 4.69) is 9.75 Å². The van der Waals surface area contributed by atoms with Gasteiger partial charge in [0.2, 0.25) is 5.88 Å². The largest absolute Gasteiger partial charge is 0.477 e. The summed E-state index contributed by atoms with van der Waals surface area (Å²) >= 11 is 1.54. The van der Waals surface area contributed by atoms with Crippen molar-refractivity contribution in [1.29, 1.82) is 0 Å². The van der Waals surface area contributed by atoms with Crippen LogP contribution in [0, 0.1) is 5.92 Å². The fourth-order valence-electron chi connectivity index (χ4n) is 1.87. The molecule has 0 radical (unpaired) electrons. The molecule has 0 bridgehead atoms. The second-order valence-electron chi connectivity index (χ2n) is 4.46. The average molecular weight is 209 g/mol. The molecule has 0 unspecified atom stereocenters. The van der Waals surface area contributed by atoms with Crippen LogP contribution in [0.15, 0.2) is 5.38 Å². The van der Waals surface area contributed by atoms with Gasteiger partial charge >= 0.3 is 0 Å². The zero-order chi connectivity index (χ0) is 9.38. The van der Waals surface area contributed by atoms with Gasteiger partial charge < -0.3 is 4.74 Å². The molecule has 76 valence electrons. The number of rotatable bonds is 4. The highest BCUT2D eigenvalue weighted by molar-refractivity contribution is 7.03. The molecule has 2 nitrogen and oxygen atoms in total. The average Bonchev–Trinajstić information content (AvgIpc) is 2.85. The molecule has 1 aromatic rings. The number of hydrogen-bond donors (Lipinski definition) is 0. The molecular weight excluding hydrogens is 194 g/mol. The van der Waals surface area contributed by atoms with Crippen LogP contribution in [0.5, 0.6) is 5.88 Å². The first-order valence-electron chi connectivity index (χ1n) is 5.50. The van der Waals surface area contributed by atoms with Crippen LogP contribution in [0.2, 0.25) is 0 Å². The lowest BCUT2D eigenvalue weighted by molar-refractivity contribution is 0.175. The summed E-state index contributed by atoms with van der Waals surface area (Å²) in [5, 5.41) is 2.16. The standard InChI is InChI=1S/C11H15NOS/c1-2-8(3-1)6-13-11-10(7-14-12-11)9-4-5-9/h7-9H,1-6H2. The molecule has 0 amide bonds. The second kappa shape index (κ2) is 3.54. The van der Waals surface area contributed by atoms with Crippen molar-refractivity contribution in [3.05, 3.63) is 10.9 Å². The van der Waals surface area contributed by atoms with Gasteiger partial charge in [-0.2, -0.15) is 4.37 Å². The highest BCUT2D eigenvalue weighted by Crippen LogP contribution is 2.44. The van der Waals surface area contributed by atoms with Gasteiger partial charge in [0.05, 0.1) is 6.61 Å². The lowest BCUT2D eigenvalue weighted by Crippen LogP contribution is -2.19. The highest BCUT2D eigenvalue weighted by atomic mass is 32.1. The smallest absolute Gasteiger partial charge is 0.228 e. The van der Waals surface area contributed by atoms with Crippen LogP contribution in [0.4, 0.5) is 0 Å². The minimum absolute atomic E-state index is 0.769. The topological polar surface area (TPSA) is 22.1 Å². The van der Waals surface area contributed by atoms with E-state index in [-0.39, 0.29) is 0 Å². The number of aromatic nitrogens is 1. The lowest BCUT2D eigenvalue weighted by atomic mass is 9.86. The molecule has 0 aliphatic heterocycles. The fraction of sp³-hybridized carbons (Fsp3) is 0.727. The summed E-state index contributed by atoms with van der Waals surface area (Å²) in [6.07, 6.45) is 6.75. The van der Waals surface area contributed by atoms with Gasteiger partial charge in [0.15, 0.2) is 0 Å². The second-order valence-corrected chi connectivity index (χ2v) is 5.09. The van der Waals surface area contributed by atoms with Crippen molar-refractivity contribution in [3.8, 4) is 5.88 Å². The zero-order valence-corrected chi connectivity index (χ0v) is 9.05. The van der Waals surface area contributed by atoms with Crippen molar-refractivity contribution in [2.75, 3.05) is 6.61 Å². The van der Waals surface area contributed by atoms with E-state index in [1.54, 1.807) is 0 Å². The molecule has 0 spiro atoms. The Labute approximate surface area is 88.5 Å². The first-order chi connectivity index (χ1) is 6.93. The Balaban J connectivity index is 1.60. The molecule has 1 aromatic heterocycles. The first kappa shape index (κ1) is 8.72. The van der Waals surface area contributed by atoms with Crippen LogP contribution in [0.3, 0.4) is 0 Å². The molecule has 2 aliphatic rings. The summed E-state index contributed by atoms with van der Waals surface area (Å²) in [5.41, 5.74) is 1.37. The van der Waals surface area contributed by atoms with Gasteiger partial charge in [0, 0.05) is 10.9 Å². The summed E-state index contributed by atoms with van der Waals surface area (Å²) in [6.45, 7) is 0.892. The molecule has 0 N–H and O–H groups in total. The van der Waals surface area contributed by atoms with Crippen LogP contribution in [0.25, 0.3) is 0 Å². The van der Waals surface area contributed by atoms with Crippen molar-refractivity contribution >= 4 is 11.5 Å². The molecule has 1 heterocycles. The van der Waals surface area contributed by atoms with Crippen LogP contribution in [-0.4, -0.2) is 11.0 Å². The number of hydrogen-bond acceptors (Lipinski definition) is 3. The Morgan fingerprint density at radius 2 is 2.21 bits per heavy atom. The van der Waals surface area contributed by atoms with E-state index in [0.29, 0.717) is 0 Å². The van der Waals surface area contributed by atoms with E-state index in [1.165, 1.54) is 49.2 Å². The predicted octanol–water partition coefficient (Wildman–Crippen LogP) is 3.20. The monoisotopic (exact) mass is 209 g/mol. The van der Waals surface area contributed by atoms with Gasteiger partial charge in [-0.15, -0.1) is 0 Å². The summed E-state index contributed by atoms with van der Waals surface area (Å²) < 4.78 is 10.1. The number of nitrogens with zero attached hydrogens (tertiary/aromatic N) is 1. The van der Waals surface area contributed by atoms with Crippen molar-refractivity contribution in [2.24, 2.45) is 5.92 Å². The maximum atomic E-state index is 5.78. The molecule has 2 aliphatic carbocycles.